The van der Waals surface area contributed by atoms with E-state index in [-0.39, 0.29) is 10.8 Å². The van der Waals surface area contributed by atoms with Crippen molar-refractivity contribution < 1.29 is 22.4 Å². The number of furan rings is 1. The van der Waals surface area contributed by atoms with Gasteiger partial charge in [0.05, 0.1) is 18.0 Å². The number of amides is 1. The van der Waals surface area contributed by atoms with Crippen LogP contribution in [0.25, 0.3) is 11.0 Å². The van der Waals surface area contributed by atoms with Crippen LogP contribution in [0.1, 0.15) is 34.0 Å². The lowest BCUT2D eigenvalue weighted by molar-refractivity contribution is 0.0935. The maximum absolute atomic E-state index is 12.7. The first-order valence-corrected chi connectivity index (χ1v) is 12.7. The number of fused-ring (bicyclic) bond motifs is 1. The summed E-state index contributed by atoms with van der Waals surface area (Å²) in [7, 11) is -2.07. The van der Waals surface area contributed by atoms with Gasteiger partial charge in [0.15, 0.2) is 11.3 Å². The quantitative estimate of drug-likeness (QED) is 0.364. The second-order valence-corrected chi connectivity index (χ2v) is 10.3. The number of hydrogen-bond donors (Lipinski definition) is 2. The van der Waals surface area contributed by atoms with Gasteiger partial charge >= 0.3 is 0 Å². The molecule has 2 aromatic carbocycles. The number of ether oxygens (including phenoxy) is 1. The highest BCUT2D eigenvalue weighted by Crippen LogP contribution is 2.31. The fourth-order valence-corrected chi connectivity index (χ4v) is 5.15. The average Bonchev–Trinajstić information content (AvgIpc) is 3.48. The number of sulfonamides is 1. The zero-order chi connectivity index (χ0) is 23.4. The van der Waals surface area contributed by atoms with Gasteiger partial charge < -0.3 is 14.5 Å². The lowest BCUT2D eigenvalue weighted by atomic mass is 10.1. The highest BCUT2D eigenvalue weighted by Gasteiger charge is 2.18. The van der Waals surface area contributed by atoms with Crippen LogP contribution in [0.2, 0.25) is 0 Å². The molecule has 0 spiro atoms. The summed E-state index contributed by atoms with van der Waals surface area (Å²) >= 11 is 1.59. The minimum Gasteiger partial charge on any atom is -0.493 e. The molecule has 7 nitrogen and oxygen atoms in total. The predicted octanol–water partition coefficient (Wildman–Crippen LogP) is 4.51. The largest absolute Gasteiger partial charge is 0.493 e. The van der Waals surface area contributed by atoms with Crippen molar-refractivity contribution in [3.8, 4) is 5.75 Å². The minimum atomic E-state index is -3.65. The number of hydrogen-bond acceptors (Lipinski definition) is 6. The number of thiophene rings is 1. The van der Waals surface area contributed by atoms with E-state index in [2.05, 4.69) is 10.0 Å². The van der Waals surface area contributed by atoms with Crippen LogP contribution in [0, 0.1) is 0 Å². The summed E-state index contributed by atoms with van der Waals surface area (Å²) in [4.78, 5) is 13.9. The summed E-state index contributed by atoms with van der Waals surface area (Å²) < 4.78 is 38.8. The standard InChI is InChI=1S/C24H24N2O5S2/c1-16(22-15-18-5-3-7-21(30-2)23(18)31-22)26-24(27)17-8-10-20(11-9-17)33(28,29)25-13-12-19-6-4-14-32-19/h3-11,14-16,25H,12-13H2,1-2H3,(H,26,27). The third-order valence-corrected chi connectivity index (χ3v) is 7.60. The van der Waals surface area contributed by atoms with Crippen LogP contribution in [-0.4, -0.2) is 28.0 Å². The molecule has 0 radical (unpaired) electrons. The third-order valence-electron chi connectivity index (χ3n) is 5.19. The third kappa shape index (κ3) is 5.27. The van der Waals surface area contributed by atoms with E-state index in [1.54, 1.807) is 18.4 Å². The second-order valence-electron chi connectivity index (χ2n) is 7.47. The maximum atomic E-state index is 12.7. The molecule has 33 heavy (non-hydrogen) atoms. The molecule has 0 bridgehead atoms. The number of rotatable bonds is 9. The van der Waals surface area contributed by atoms with E-state index < -0.39 is 16.1 Å². The van der Waals surface area contributed by atoms with Crippen LogP contribution in [0.15, 0.2) is 75.4 Å². The number of carbonyl (C=O) groups excluding carboxylic acids is 1. The number of carbonyl (C=O) groups is 1. The van der Waals surface area contributed by atoms with Gasteiger partial charge in [-0.05, 0) is 61.2 Å². The molecule has 2 aromatic heterocycles. The average molecular weight is 485 g/mol. The van der Waals surface area contributed by atoms with Crippen molar-refractivity contribution in [3.05, 3.63) is 82.2 Å². The molecule has 9 heteroatoms. The van der Waals surface area contributed by atoms with Gasteiger partial charge in [0.25, 0.3) is 5.91 Å². The lowest BCUT2D eigenvalue weighted by Crippen LogP contribution is -2.27. The van der Waals surface area contributed by atoms with Crippen LogP contribution in [0.3, 0.4) is 0 Å². The van der Waals surface area contributed by atoms with Crippen molar-refractivity contribution in [1.29, 1.82) is 0 Å². The molecule has 0 aliphatic rings. The summed E-state index contributed by atoms with van der Waals surface area (Å²) in [6.45, 7) is 2.13. The van der Waals surface area contributed by atoms with E-state index in [0.717, 1.165) is 10.3 Å². The lowest BCUT2D eigenvalue weighted by Gasteiger charge is -2.12. The Kier molecular flexibility index (Phi) is 6.83. The van der Waals surface area contributed by atoms with Gasteiger partial charge in [0.2, 0.25) is 10.0 Å². The van der Waals surface area contributed by atoms with Crippen molar-refractivity contribution in [1.82, 2.24) is 10.0 Å². The molecular formula is C24H24N2O5S2. The molecule has 2 heterocycles. The Morgan fingerprint density at radius 1 is 1.12 bits per heavy atom. The van der Waals surface area contributed by atoms with Gasteiger partial charge in [-0.2, -0.15) is 0 Å². The van der Waals surface area contributed by atoms with Crippen LogP contribution >= 0.6 is 11.3 Å². The second kappa shape index (κ2) is 9.78. The van der Waals surface area contributed by atoms with E-state index in [9.17, 15) is 13.2 Å². The molecule has 2 N–H and O–H groups in total. The summed E-state index contributed by atoms with van der Waals surface area (Å²) in [5.41, 5.74) is 0.977. The van der Waals surface area contributed by atoms with Gasteiger partial charge in [0.1, 0.15) is 5.76 Å². The fourth-order valence-electron chi connectivity index (χ4n) is 3.41. The Hall–Kier alpha value is -3.14. The van der Waals surface area contributed by atoms with Gasteiger partial charge in [-0.3, -0.25) is 4.79 Å². The van der Waals surface area contributed by atoms with E-state index in [0.29, 0.717) is 35.6 Å². The molecule has 0 aliphatic heterocycles. The number of methoxy groups -OCH3 is 1. The maximum Gasteiger partial charge on any atom is 0.251 e. The molecule has 0 saturated carbocycles. The van der Waals surface area contributed by atoms with Crippen molar-refractivity contribution in [2.45, 2.75) is 24.3 Å². The first-order chi connectivity index (χ1) is 15.9. The van der Waals surface area contributed by atoms with E-state index in [1.165, 1.54) is 24.3 Å². The molecule has 1 atom stereocenters. The van der Waals surface area contributed by atoms with Crippen LogP contribution < -0.4 is 14.8 Å². The Morgan fingerprint density at radius 2 is 1.91 bits per heavy atom. The summed E-state index contributed by atoms with van der Waals surface area (Å²) in [6.07, 6.45) is 0.628. The highest BCUT2D eigenvalue weighted by atomic mass is 32.2. The Bertz CT molecular complexity index is 1340. The minimum absolute atomic E-state index is 0.114. The van der Waals surface area contributed by atoms with Crippen LogP contribution in [0.4, 0.5) is 0 Å². The summed E-state index contributed by atoms with van der Waals surface area (Å²) in [5, 5.41) is 5.72. The molecule has 4 aromatic rings. The highest BCUT2D eigenvalue weighted by molar-refractivity contribution is 7.89. The molecule has 0 fully saturated rings. The van der Waals surface area contributed by atoms with E-state index in [1.807, 2.05) is 48.7 Å². The van der Waals surface area contributed by atoms with Crippen LogP contribution in [-0.2, 0) is 16.4 Å². The van der Waals surface area contributed by atoms with Crippen molar-refractivity contribution in [2.24, 2.45) is 0 Å². The SMILES string of the molecule is COc1cccc2cc(C(C)NC(=O)c3ccc(S(=O)(=O)NCCc4cccs4)cc3)oc12. The van der Waals surface area contributed by atoms with E-state index >= 15 is 0 Å². The first kappa shape index (κ1) is 23.0. The molecule has 1 amide bonds. The molecule has 0 aliphatic carbocycles. The van der Waals surface area contributed by atoms with Gasteiger partial charge in [0, 0.05) is 22.4 Å². The monoisotopic (exact) mass is 484 g/mol. The molecule has 172 valence electrons. The number of para-hydroxylation sites is 1. The van der Waals surface area contributed by atoms with Crippen molar-refractivity contribution in [3.63, 3.8) is 0 Å². The Labute approximate surface area is 196 Å². The smallest absolute Gasteiger partial charge is 0.251 e. The van der Waals surface area contributed by atoms with Crippen molar-refractivity contribution in [2.75, 3.05) is 13.7 Å². The number of benzene rings is 2. The summed E-state index contributed by atoms with van der Waals surface area (Å²) in [6, 6.07) is 16.8. The van der Waals surface area contributed by atoms with Crippen molar-refractivity contribution >= 4 is 38.2 Å². The Morgan fingerprint density at radius 3 is 2.61 bits per heavy atom. The summed E-state index contributed by atoms with van der Waals surface area (Å²) in [5.74, 6) is 0.889. The van der Waals surface area contributed by atoms with E-state index in [4.69, 9.17) is 9.15 Å². The van der Waals surface area contributed by atoms with Gasteiger partial charge in [-0.25, -0.2) is 13.1 Å². The number of nitrogens with one attached hydrogen (secondary N) is 2. The topological polar surface area (TPSA) is 97.6 Å². The van der Waals surface area contributed by atoms with Crippen LogP contribution in [0.5, 0.6) is 5.75 Å². The zero-order valence-corrected chi connectivity index (χ0v) is 19.8. The zero-order valence-electron chi connectivity index (χ0n) is 18.2. The fraction of sp³-hybridized carbons (Fsp3) is 0.208. The van der Waals surface area contributed by atoms with Gasteiger partial charge in [-0.1, -0.05) is 18.2 Å². The van der Waals surface area contributed by atoms with Gasteiger partial charge in [-0.15, -0.1) is 11.3 Å². The predicted molar refractivity (Wildman–Crippen MR) is 128 cm³/mol. The first-order valence-electron chi connectivity index (χ1n) is 10.4. The molecule has 0 saturated heterocycles. The Balaban J connectivity index is 1.39. The normalized spacial score (nSPS) is 12.5. The molecular weight excluding hydrogens is 460 g/mol. The molecule has 1 unspecified atom stereocenters. The molecule has 4 rings (SSSR count).